The van der Waals surface area contributed by atoms with Gasteiger partial charge in [-0.15, -0.1) is 0 Å². The van der Waals surface area contributed by atoms with Crippen molar-refractivity contribution < 1.29 is 13.6 Å². The molecule has 178 valence electrons. The zero-order chi connectivity index (χ0) is 25.5. The third-order valence-electron chi connectivity index (χ3n) is 5.00. The number of nitrogens with zero attached hydrogens (tertiary/aromatic N) is 4. The van der Waals surface area contributed by atoms with Gasteiger partial charge in [-0.25, -0.2) is 13.8 Å². The fraction of sp³-hybridized carbons (Fsp3) is 0.0385. The van der Waals surface area contributed by atoms with Crippen LogP contribution in [-0.2, 0) is 11.2 Å². The number of hydrogen-bond acceptors (Lipinski definition) is 5. The van der Waals surface area contributed by atoms with Crippen LogP contribution in [0.5, 0.6) is 0 Å². The number of anilines is 2. The van der Waals surface area contributed by atoms with E-state index in [9.17, 15) is 13.6 Å². The van der Waals surface area contributed by atoms with E-state index >= 15 is 0 Å². The van der Waals surface area contributed by atoms with E-state index in [0.29, 0.717) is 16.9 Å². The lowest BCUT2D eigenvalue weighted by atomic mass is 10.1. The van der Waals surface area contributed by atoms with Gasteiger partial charge in [0, 0.05) is 11.3 Å². The molecule has 0 aliphatic heterocycles. The quantitative estimate of drug-likeness (QED) is 0.273. The molecule has 36 heavy (non-hydrogen) atoms. The van der Waals surface area contributed by atoms with Crippen LogP contribution in [0.1, 0.15) is 11.1 Å². The minimum atomic E-state index is -0.669. The fourth-order valence-corrected chi connectivity index (χ4v) is 3.28. The number of benzene rings is 3. The van der Waals surface area contributed by atoms with Crippen LogP contribution in [-0.4, -0.2) is 21.8 Å². The zero-order valence-corrected chi connectivity index (χ0v) is 18.7. The molecule has 3 aromatic carbocycles. The third-order valence-corrected chi connectivity index (χ3v) is 5.00. The van der Waals surface area contributed by atoms with Crippen LogP contribution in [0.15, 0.2) is 84.1 Å². The summed E-state index contributed by atoms with van der Waals surface area (Å²) in [5, 5.41) is 14.6. The predicted octanol–water partition coefficient (Wildman–Crippen LogP) is 4.53. The number of aromatic nitrogens is 2. The second-order valence-electron chi connectivity index (χ2n) is 7.58. The molecule has 0 radical (unpaired) electrons. The van der Waals surface area contributed by atoms with E-state index in [-0.39, 0.29) is 41.2 Å². The molecule has 0 atom stereocenters. The van der Waals surface area contributed by atoms with E-state index in [1.54, 1.807) is 42.5 Å². The topological polar surface area (TPSA) is 129 Å². The van der Waals surface area contributed by atoms with Crippen LogP contribution in [0.3, 0.4) is 0 Å². The van der Waals surface area contributed by atoms with Gasteiger partial charge in [-0.3, -0.25) is 9.78 Å². The van der Waals surface area contributed by atoms with Gasteiger partial charge in [-0.05, 0) is 42.0 Å². The van der Waals surface area contributed by atoms with Crippen LogP contribution in [0.25, 0.3) is 11.3 Å². The van der Waals surface area contributed by atoms with Crippen molar-refractivity contribution in [1.29, 1.82) is 5.26 Å². The van der Waals surface area contributed by atoms with Gasteiger partial charge in [0.2, 0.25) is 5.91 Å². The molecule has 4 N–H and O–H groups in total. The number of hydrogen-bond donors (Lipinski definition) is 3. The highest BCUT2D eigenvalue weighted by molar-refractivity contribution is 5.95. The van der Waals surface area contributed by atoms with E-state index in [1.807, 2.05) is 0 Å². The third kappa shape index (κ3) is 6.03. The first kappa shape index (κ1) is 24.0. The number of guanidine groups is 1. The Balaban J connectivity index is 1.38. The van der Waals surface area contributed by atoms with Crippen molar-refractivity contribution in [3.05, 3.63) is 102 Å². The number of aliphatic imine (C=N–C) groups is 1. The standard InChI is InChI=1S/C26H19F2N7O/c27-18-8-4-16(5-9-18)12-25(36)33-19-10-6-17(7-11-19)23-14-32-24(15-31-23)35-26(30)34-22-3-1-2-21(28)20(22)13-29/h1-11,14-15H,12H2,(H,33,36)(H3,30,32,34,35). The fourth-order valence-electron chi connectivity index (χ4n) is 3.28. The summed E-state index contributed by atoms with van der Waals surface area (Å²) in [7, 11) is 0. The molecule has 0 saturated heterocycles. The maximum Gasteiger partial charge on any atom is 0.228 e. The number of halogens is 2. The lowest BCUT2D eigenvalue weighted by molar-refractivity contribution is -0.115. The van der Waals surface area contributed by atoms with E-state index in [4.69, 9.17) is 11.0 Å². The number of carbonyl (C=O) groups excluding carboxylic acids is 1. The summed E-state index contributed by atoms with van der Waals surface area (Å²) < 4.78 is 26.7. The Morgan fingerprint density at radius 3 is 2.39 bits per heavy atom. The monoisotopic (exact) mass is 483 g/mol. The molecule has 8 nitrogen and oxygen atoms in total. The summed E-state index contributed by atoms with van der Waals surface area (Å²) in [6, 6.07) is 18.7. The summed E-state index contributed by atoms with van der Waals surface area (Å²) in [6.45, 7) is 0. The molecule has 0 bridgehead atoms. The molecule has 0 spiro atoms. The lowest BCUT2D eigenvalue weighted by Gasteiger charge is -2.08. The van der Waals surface area contributed by atoms with E-state index in [0.717, 1.165) is 5.56 Å². The normalized spacial score (nSPS) is 11.0. The molecule has 0 saturated carbocycles. The Morgan fingerprint density at radius 1 is 0.972 bits per heavy atom. The minimum absolute atomic E-state index is 0.0834. The van der Waals surface area contributed by atoms with Crippen molar-refractivity contribution in [1.82, 2.24) is 9.97 Å². The van der Waals surface area contributed by atoms with E-state index < -0.39 is 5.82 Å². The molecule has 0 aliphatic rings. The van der Waals surface area contributed by atoms with Gasteiger partial charge in [-0.2, -0.15) is 10.3 Å². The van der Waals surface area contributed by atoms with Crippen molar-refractivity contribution in [3.63, 3.8) is 0 Å². The van der Waals surface area contributed by atoms with Crippen LogP contribution < -0.4 is 16.4 Å². The van der Waals surface area contributed by atoms with Gasteiger partial charge in [0.15, 0.2) is 11.8 Å². The molecule has 1 aromatic heterocycles. The maximum atomic E-state index is 13.7. The Bertz CT molecular complexity index is 1450. The highest BCUT2D eigenvalue weighted by atomic mass is 19.1. The molecule has 0 fully saturated rings. The molecule has 4 aromatic rings. The summed E-state index contributed by atoms with van der Waals surface area (Å²) in [4.78, 5) is 24.9. The largest absolute Gasteiger partial charge is 0.369 e. The number of rotatable bonds is 6. The molecule has 10 heteroatoms. The molecule has 4 rings (SSSR count). The van der Waals surface area contributed by atoms with Crippen molar-refractivity contribution in [3.8, 4) is 17.3 Å². The molecular weight excluding hydrogens is 464 g/mol. The molecular formula is C26H19F2N7O. The van der Waals surface area contributed by atoms with Gasteiger partial charge < -0.3 is 16.4 Å². The van der Waals surface area contributed by atoms with E-state index in [2.05, 4.69) is 25.6 Å². The van der Waals surface area contributed by atoms with Crippen molar-refractivity contribution in [2.75, 3.05) is 10.6 Å². The molecule has 1 heterocycles. The van der Waals surface area contributed by atoms with Gasteiger partial charge in [0.1, 0.15) is 23.3 Å². The Kier molecular flexibility index (Phi) is 7.22. The number of nitrogens with two attached hydrogens (primary N) is 1. The van der Waals surface area contributed by atoms with Crippen LogP contribution in [0, 0.1) is 23.0 Å². The van der Waals surface area contributed by atoms with Gasteiger partial charge in [0.05, 0.1) is 30.2 Å². The summed E-state index contributed by atoms with van der Waals surface area (Å²) in [5.74, 6) is -1.11. The van der Waals surface area contributed by atoms with Crippen molar-refractivity contribution >= 4 is 29.1 Å². The lowest BCUT2D eigenvalue weighted by Crippen LogP contribution is -2.22. The SMILES string of the molecule is N#Cc1c(F)cccc1NC(N)=Nc1cnc(-c2ccc(NC(=O)Cc3ccc(F)cc3)cc2)cn1. The van der Waals surface area contributed by atoms with Gasteiger partial charge in [0.25, 0.3) is 0 Å². The Hall–Kier alpha value is -5.17. The summed E-state index contributed by atoms with van der Waals surface area (Å²) in [6.07, 6.45) is 3.06. The van der Waals surface area contributed by atoms with Gasteiger partial charge in [-0.1, -0.05) is 30.3 Å². The van der Waals surface area contributed by atoms with Crippen molar-refractivity contribution in [2.45, 2.75) is 6.42 Å². The van der Waals surface area contributed by atoms with Gasteiger partial charge >= 0.3 is 0 Å². The average Bonchev–Trinajstić information content (AvgIpc) is 2.86. The first-order chi connectivity index (χ1) is 17.4. The Labute approximate surface area is 205 Å². The number of nitrogens with one attached hydrogen (secondary N) is 2. The second kappa shape index (κ2) is 10.8. The molecule has 0 unspecified atom stereocenters. The van der Waals surface area contributed by atoms with Crippen LogP contribution >= 0.6 is 0 Å². The van der Waals surface area contributed by atoms with Crippen LogP contribution in [0.2, 0.25) is 0 Å². The van der Waals surface area contributed by atoms with Crippen LogP contribution in [0.4, 0.5) is 26.0 Å². The first-order valence-electron chi connectivity index (χ1n) is 10.7. The summed E-state index contributed by atoms with van der Waals surface area (Å²) >= 11 is 0. The highest BCUT2D eigenvalue weighted by Gasteiger charge is 2.09. The predicted molar refractivity (Wildman–Crippen MR) is 132 cm³/mol. The highest BCUT2D eigenvalue weighted by Crippen LogP contribution is 2.21. The van der Waals surface area contributed by atoms with E-state index in [1.165, 1.54) is 42.7 Å². The second-order valence-corrected chi connectivity index (χ2v) is 7.58. The smallest absolute Gasteiger partial charge is 0.228 e. The first-order valence-corrected chi connectivity index (χ1v) is 10.7. The zero-order valence-electron chi connectivity index (χ0n) is 18.7. The van der Waals surface area contributed by atoms with Crippen molar-refractivity contribution in [2.24, 2.45) is 10.7 Å². The number of nitriles is 1. The maximum absolute atomic E-state index is 13.7. The summed E-state index contributed by atoms with van der Waals surface area (Å²) in [5.41, 5.74) is 8.52. The minimum Gasteiger partial charge on any atom is -0.369 e. The average molecular weight is 483 g/mol. The molecule has 1 amide bonds. The Morgan fingerprint density at radius 2 is 1.72 bits per heavy atom. The number of amides is 1. The molecule has 0 aliphatic carbocycles. The number of carbonyl (C=O) groups is 1.